The van der Waals surface area contributed by atoms with Gasteiger partial charge in [0, 0.05) is 6.04 Å². The summed E-state index contributed by atoms with van der Waals surface area (Å²) in [6, 6.07) is 2.78. The molecule has 1 saturated carbocycles. The maximum atomic E-state index is 6.00. The lowest BCUT2D eigenvalue weighted by Crippen LogP contribution is -2.15. The Bertz CT molecular complexity index is 584. The summed E-state index contributed by atoms with van der Waals surface area (Å²) in [6.07, 6.45) is 4.25. The molecule has 3 rings (SSSR count). The van der Waals surface area contributed by atoms with Gasteiger partial charge in [-0.1, -0.05) is 11.6 Å². The Morgan fingerprint density at radius 3 is 2.89 bits per heavy atom. The third kappa shape index (κ3) is 2.85. The van der Waals surface area contributed by atoms with Crippen molar-refractivity contribution < 1.29 is 4.42 Å². The quantitative estimate of drug-likeness (QED) is 0.915. The largest absolute Gasteiger partial charge is 0.462 e. The van der Waals surface area contributed by atoms with Crippen LogP contribution in [-0.4, -0.2) is 15.8 Å². The van der Waals surface area contributed by atoms with Gasteiger partial charge in [-0.05, 0) is 38.3 Å². The van der Waals surface area contributed by atoms with Gasteiger partial charge < -0.3 is 9.73 Å². The predicted octanol–water partition coefficient (Wildman–Crippen LogP) is 3.05. The summed E-state index contributed by atoms with van der Waals surface area (Å²) in [7, 11) is 0. The molecule has 0 atom stereocenters. The Morgan fingerprint density at radius 2 is 2.26 bits per heavy atom. The predicted molar refractivity (Wildman–Crippen MR) is 74.4 cm³/mol. The molecule has 0 unspecified atom stereocenters. The zero-order valence-corrected chi connectivity index (χ0v) is 12.0. The third-order valence-electron chi connectivity index (χ3n) is 3.55. The number of nitrogens with zero attached hydrogens (tertiary/aromatic N) is 2. The molecule has 0 aromatic carbocycles. The molecule has 0 saturated heterocycles. The fourth-order valence-electron chi connectivity index (χ4n) is 2.10. The van der Waals surface area contributed by atoms with Crippen molar-refractivity contribution in [3.05, 3.63) is 40.1 Å². The molecule has 0 aliphatic heterocycles. The minimum atomic E-state index is 0.628. The van der Waals surface area contributed by atoms with E-state index in [1.54, 1.807) is 6.20 Å². The maximum absolute atomic E-state index is 6.00. The van der Waals surface area contributed by atoms with Gasteiger partial charge in [0.25, 0.3) is 0 Å². The van der Waals surface area contributed by atoms with E-state index in [9.17, 15) is 0 Å². The standard InChI is InChI=1S/C14H18ClN3O/c1-9-5-12(8-18-10(2)13(15)6-17-18)19-14(9)7-16-11-3-4-11/h5-6,11,16H,3-4,7-8H2,1-2H3. The van der Waals surface area contributed by atoms with Gasteiger partial charge >= 0.3 is 0 Å². The average molecular weight is 280 g/mol. The van der Waals surface area contributed by atoms with Crippen molar-refractivity contribution in [3.8, 4) is 0 Å². The van der Waals surface area contributed by atoms with E-state index in [1.165, 1.54) is 18.4 Å². The number of rotatable bonds is 5. The van der Waals surface area contributed by atoms with Crippen LogP contribution in [0.3, 0.4) is 0 Å². The maximum Gasteiger partial charge on any atom is 0.126 e. The number of hydrogen-bond donors (Lipinski definition) is 1. The SMILES string of the molecule is Cc1cc(Cn2ncc(Cl)c2C)oc1CNC1CC1. The third-order valence-corrected chi connectivity index (χ3v) is 3.92. The van der Waals surface area contributed by atoms with Crippen molar-refractivity contribution in [2.45, 2.75) is 45.8 Å². The Hall–Kier alpha value is -1.26. The second-order valence-electron chi connectivity index (χ2n) is 5.21. The van der Waals surface area contributed by atoms with E-state index in [0.29, 0.717) is 17.6 Å². The Balaban J connectivity index is 1.70. The molecule has 1 aliphatic rings. The van der Waals surface area contributed by atoms with Crippen LogP contribution in [0.5, 0.6) is 0 Å². The second kappa shape index (κ2) is 5.02. The Kier molecular flexibility index (Phi) is 3.37. The van der Waals surface area contributed by atoms with Gasteiger partial charge in [-0.2, -0.15) is 5.10 Å². The molecule has 0 bridgehead atoms. The highest BCUT2D eigenvalue weighted by molar-refractivity contribution is 6.31. The molecular formula is C14H18ClN3O. The van der Waals surface area contributed by atoms with E-state index in [-0.39, 0.29) is 0 Å². The fraction of sp³-hybridized carbons (Fsp3) is 0.500. The van der Waals surface area contributed by atoms with Crippen molar-refractivity contribution in [1.29, 1.82) is 0 Å². The van der Waals surface area contributed by atoms with Crippen molar-refractivity contribution in [3.63, 3.8) is 0 Å². The number of aromatic nitrogens is 2. The monoisotopic (exact) mass is 279 g/mol. The van der Waals surface area contributed by atoms with Crippen LogP contribution >= 0.6 is 11.6 Å². The van der Waals surface area contributed by atoms with E-state index in [1.807, 2.05) is 11.6 Å². The molecule has 4 nitrogen and oxygen atoms in total. The van der Waals surface area contributed by atoms with Crippen LogP contribution < -0.4 is 5.32 Å². The highest BCUT2D eigenvalue weighted by Crippen LogP contribution is 2.22. The van der Waals surface area contributed by atoms with Gasteiger partial charge in [-0.3, -0.25) is 4.68 Å². The molecule has 2 aromatic heterocycles. The Morgan fingerprint density at radius 1 is 1.47 bits per heavy atom. The van der Waals surface area contributed by atoms with Crippen LogP contribution in [0.1, 0.15) is 35.6 Å². The molecular weight excluding hydrogens is 262 g/mol. The summed E-state index contributed by atoms with van der Waals surface area (Å²) < 4.78 is 7.75. The zero-order valence-electron chi connectivity index (χ0n) is 11.2. The number of aryl methyl sites for hydroxylation is 1. The topological polar surface area (TPSA) is 43.0 Å². The molecule has 0 spiro atoms. The van der Waals surface area contributed by atoms with E-state index in [2.05, 4.69) is 23.4 Å². The van der Waals surface area contributed by atoms with Crippen LogP contribution in [0.4, 0.5) is 0 Å². The normalized spacial score (nSPS) is 15.1. The summed E-state index contributed by atoms with van der Waals surface area (Å²) in [5.74, 6) is 1.95. The smallest absolute Gasteiger partial charge is 0.126 e. The van der Waals surface area contributed by atoms with Crippen molar-refractivity contribution in [2.75, 3.05) is 0 Å². The molecule has 2 heterocycles. The van der Waals surface area contributed by atoms with Gasteiger partial charge in [0.15, 0.2) is 0 Å². The highest BCUT2D eigenvalue weighted by Gasteiger charge is 2.21. The minimum Gasteiger partial charge on any atom is -0.462 e. The molecule has 2 aromatic rings. The van der Waals surface area contributed by atoms with Gasteiger partial charge in [-0.25, -0.2) is 0 Å². The molecule has 1 fully saturated rings. The second-order valence-corrected chi connectivity index (χ2v) is 5.62. The van der Waals surface area contributed by atoms with Crippen LogP contribution in [0, 0.1) is 13.8 Å². The highest BCUT2D eigenvalue weighted by atomic mass is 35.5. The van der Waals surface area contributed by atoms with Crippen molar-refractivity contribution in [1.82, 2.24) is 15.1 Å². The molecule has 102 valence electrons. The number of hydrogen-bond acceptors (Lipinski definition) is 3. The Labute approximate surface area is 117 Å². The average Bonchev–Trinajstić information content (AvgIpc) is 3.08. The first-order valence-electron chi connectivity index (χ1n) is 6.63. The van der Waals surface area contributed by atoms with Crippen LogP contribution in [0.15, 0.2) is 16.7 Å². The lowest BCUT2D eigenvalue weighted by molar-refractivity contribution is 0.426. The lowest BCUT2D eigenvalue weighted by atomic mass is 10.2. The summed E-state index contributed by atoms with van der Waals surface area (Å²) in [4.78, 5) is 0. The van der Waals surface area contributed by atoms with E-state index >= 15 is 0 Å². The number of nitrogens with one attached hydrogen (secondary N) is 1. The molecule has 0 amide bonds. The van der Waals surface area contributed by atoms with Crippen molar-refractivity contribution in [2.24, 2.45) is 0 Å². The molecule has 5 heteroatoms. The first kappa shape index (κ1) is 12.8. The first-order chi connectivity index (χ1) is 9.13. The fourth-order valence-corrected chi connectivity index (χ4v) is 2.24. The summed E-state index contributed by atoms with van der Waals surface area (Å²) in [5.41, 5.74) is 2.16. The van der Waals surface area contributed by atoms with E-state index in [0.717, 1.165) is 23.8 Å². The number of halogens is 1. The van der Waals surface area contributed by atoms with Crippen molar-refractivity contribution >= 4 is 11.6 Å². The van der Waals surface area contributed by atoms with Gasteiger partial charge in [0.1, 0.15) is 11.5 Å². The summed E-state index contributed by atoms with van der Waals surface area (Å²) in [5, 5.41) is 8.41. The van der Waals surface area contributed by atoms with E-state index in [4.69, 9.17) is 16.0 Å². The van der Waals surface area contributed by atoms with Gasteiger partial charge in [0.05, 0.1) is 30.0 Å². The first-order valence-corrected chi connectivity index (χ1v) is 7.01. The summed E-state index contributed by atoms with van der Waals surface area (Å²) in [6.45, 7) is 5.48. The van der Waals surface area contributed by atoms with E-state index < -0.39 is 0 Å². The number of furan rings is 1. The van der Waals surface area contributed by atoms with Crippen LogP contribution in [0.25, 0.3) is 0 Å². The minimum absolute atomic E-state index is 0.628. The lowest BCUT2D eigenvalue weighted by Gasteiger charge is -2.02. The van der Waals surface area contributed by atoms with Gasteiger partial charge in [-0.15, -0.1) is 0 Å². The molecule has 0 radical (unpaired) electrons. The zero-order chi connectivity index (χ0) is 13.4. The molecule has 1 aliphatic carbocycles. The van der Waals surface area contributed by atoms with Crippen LogP contribution in [-0.2, 0) is 13.1 Å². The van der Waals surface area contributed by atoms with Crippen LogP contribution in [0.2, 0.25) is 5.02 Å². The summed E-state index contributed by atoms with van der Waals surface area (Å²) >= 11 is 6.00. The molecule has 1 N–H and O–H groups in total. The molecule has 19 heavy (non-hydrogen) atoms. The van der Waals surface area contributed by atoms with Gasteiger partial charge in [0.2, 0.25) is 0 Å².